The Balaban J connectivity index is 0.00000264. The molecule has 0 unspecified atom stereocenters. The molecule has 5 nitrogen and oxygen atoms in total. The van der Waals surface area contributed by atoms with E-state index in [1.54, 1.807) is 4.90 Å². The smallest absolute Gasteiger partial charge is 0.228 e. The summed E-state index contributed by atoms with van der Waals surface area (Å²) in [5.74, 6) is 0.0996. The molecule has 24 heavy (non-hydrogen) atoms. The molecular weight excluding hydrogens is 349 g/mol. The number of anilines is 1. The topological polar surface area (TPSA) is 69.8 Å². The third-order valence-corrected chi connectivity index (χ3v) is 3.96. The largest absolute Gasteiger partial charge is 0.390 e. The van der Waals surface area contributed by atoms with Crippen LogP contribution in [-0.2, 0) is 11.3 Å². The van der Waals surface area contributed by atoms with E-state index >= 15 is 0 Å². The van der Waals surface area contributed by atoms with Crippen LogP contribution in [0.3, 0.4) is 0 Å². The Morgan fingerprint density at radius 3 is 2.33 bits per heavy atom. The monoisotopic (exact) mass is 377 g/mol. The molecule has 1 aliphatic heterocycles. The molecule has 138 valence electrons. The van der Waals surface area contributed by atoms with Crippen LogP contribution >= 0.6 is 24.8 Å². The van der Waals surface area contributed by atoms with E-state index in [0.717, 1.165) is 25.2 Å². The highest BCUT2D eigenvalue weighted by atomic mass is 35.5. The van der Waals surface area contributed by atoms with Crippen LogP contribution in [-0.4, -0.2) is 47.7 Å². The molecule has 1 aromatic carbocycles. The highest BCUT2D eigenvalue weighted by Crippen LogP contribution is 2.21. The lowest BCUT2D eigenvalue weighted by molar-refractivity contribution is -0.117. The number of carbonyl (C=O) groups is 1. The number of amides is 1. The van der Waals surface area contributed by atoms with Crippen LogP contribution in [0.2, 0.25) is 0 Å². The van der Waals surface area contributed by atoms with Gasteiger partial charge in [-0.25, -0.2) is 0 Å². The molecule has 0 saturated carbocycles. The van der Waals surface area contributed by atoms with E-state index < -0.39 is 5.60 Å². The Bertz CT molecular complexity index is 518. The van der Waals surface area contributed by atoms with Gasteiger partial charge in [-0.2, -0.15) is 0 Å². The molecule has 1 saturated heterocycles. The maximum absolute atomic E-state index is 11.8. The first kappa shape index (κ1) is 23.1. The number of carbonyl (C=O) groups excluding carboxylic acids is 1. The van der Waals surface area contributed by atoms with Gasteiger partial charge in [0.05, 0.1) is 5.60 Å². The summed E-state index contributed by atoms with van der Waals surface area (Å²) >= 11 is 0. The maximum Gasteiger partial charge on any atom is 0.228 e. The fraction of sp³-hybridized carbons (Fsp3) is 0.588. The van der Waals surface area contributed by atoms with E-state index in [4.69, 9.17) is 5.73 Å². The van der Waals surface area contributed by atoms with Crippen molar-refractivity contribution < 1.29 is 9.90 Å². The van der Waals surface area contributed by atoms with Crippen LogP contribution < -0.4 is 10.6 Å². The van der Waals surface area contributed by atoms with E-state index in [1.807, 2.05) is 45.2 Å². The van der Waals surface area contributed by atoms with Crippen LogP contribution in [0.5, 0.6) is 0 Å². The van der Waals surface area contributed by atoms with Crippen molar-refractivity contribution in [2.75, 3.05) is 25.0 Å². The van der Waals surface area contributed by atoms with Crippen LogP contribution in [0.4, 0.5) is 5.69 Å². The first-order valence-electron chi connectivity index (χ1n) is 7.80. The van der Waals surface area contributed by atoms with Gasteiger partial charge in [-0.3, -0.25) is 4.79 Å². The number of nitrogens with zero attached hydrogens (tertiary/aromatic N) is 2. The first-order chi connectivity index (χ1) is 10.2. The van der Waals surface area contributed by atoms with E-state index in [2.05, 4.69) is 4.90 Å². The van der Waals surface area contributed by atoms with Gasteiger partial charge in [-0.1, -0.05) is 12.1 Å². The number of benzene rings is 1. The van der Waals surface area contributed by atoms with Gasteiger partial charge in [0.25, 0.3) is 0 Å². The normalized spacial score (nSPS) is 17.7. The zero-order valence-corrected chi connectivity index (χ0v) is 16.2. The molecule has 0 aliphatic carbocycles. The summed E-state index contributed by atoms with van der Waals surface area (Å²) in [5, 5.41) is 9.76. The number of halogens is 2. The summed E-state index contributed by atoms with van der Waals surface area (Å²) in [6.07, 6.45) is 1.17. The number of nitrogens with two attached hydrogens (primary N) is 1. The summed E-state index contributed by atoms with van der Waals surface area (Å²) in [7, 11) is 2.04. The number of hydrogen-bond donors (Lipinski definition) is 2. The molecule has 0 spiro atoms. The summed E-state index contributed by atoms with van der Waals surface area (Å²) < 4.78 is 0. The molecule has 1 aromatic rings. The quantitative estimate of drug-likeness (QED) is 0.796. The maximum atomic E-state index is 11.8. The predicted octanol–water partition coefficient (Wildman–Crippen LogP) is 2.19. The Kier molecular flexibility index (Phi) is 9.25. The number of aliphatic hydroxyl groups is 1. The second kappa shape index (κ2) is 9.59. The summed E-state index contributed by atoms with van der Waals surface area (Å²) in [6, 6.07) is 8.00. The molecular formula is C17H29Cl2N3O2. The van der Waals surface area contributed by atoms with Gasteiger partial charge in [0, 0.05) is 37.8 Å². The molecule has 1 heterocycles. The van der Waals surface area contributed by atoms with Crippen molar-refractivity contribution in [2.45, 2.75) is 44.9 Å². The zero-order chi connectivity index (χ0) is 16.3. The number of hydrogen-bond acceptors (Lipinski definition) is 4. The molecule has 0 aromatic heterocycles. The third kappa shape index (κ3) is 6.95. The van der Waals surface area contributed by atoms with E-state index in [1.165, 1.54) is 5.56 Å². The molecule has 2 rings (SSSR count). The van der Waals surface area contributed by atoms with Crippen molar-refractivity contribution in [1.29, 1.82) is 0 Å². The van der Waals surface area contributed by atoms with Gasteiger partial charge in [-0.05, 0) is 45.0 Å². The van der Waals surface area contributed by atoms with Crippen molar-refractivity contribution >= 4 is 36.4 Å². The highest BCUT2D eigenvalue weighted by molar-refractivity contribution is 5.96. The van der Waals surface area contributed by atoms with Crippen LogP contribution in [0.15, 0.2) is 24.3 Å². The van der Waals surface area contributed by atoms with E-state index in [-0.39, 0.29) is 36.8 Å². The first-order valence-corrected chi connectivity index (χ1v) is 7.80. The van der Waals surface area contributed by atoms with Crippen LogP contribution in [0.25, 0.3) is 0 Å². The lowest BCUT2D eigenvalue weighted by Crippen LogP contribution is -2.28. The fourth-order valence-electron chi connectivity index (χ4n) is 2.62. The molecule has 1 amide bonds. The second-order valence-corrected chi connectivity index (χ2v) is 6.94. The van der Waals surface area contributed by atoms with Crippen molar-refractivity contribution in [2.24, 2.45) is 5.73 Å². The molecule has 0 radical (unpaired) electrons. The Hall–Kier alpha value is -0.850. The van der Waals surface area contributed by atoms with Gasteiger partial charge >= 0.3 is 0 Å². The summed E-state index contributed by atoms with van der Waals surface area (Å²) in [5.41, 5.74) is 7.31. The van der Waals surface area contributed by atoms with Crippen molar-refractivity contribution in [1.82, 2.24) is 4.90 Å². The average molecular weight is 378 g/mol. The highest BCUT2D eigenvalue weighted by Gasteiger charge is 2.27. The summed E-state index contributed by atoms with van der Waals surface area (Å²) in [4.78, 5) is 15.8. The molecule has 1 atom stereocenters. The van der Waals surface area contributed by atoms with Gasteiger partial charge in [0.2, 0.25) is 5.91 Å². The molecule has 0 bridgehead atoms. The standard InChI is InChI=1S/C17H27N3O2.2ClH/c1-17(2,22)8-9-19(3)11-13-4-6-15(7-5-13)20-12-14(18)10-16(20)21;;/h4-7,14,22H,8-12,18H2,1-3H3;2*1H/t14-;;/m1../s1. The van der Waals surface area contributed by atoms with Crippen molar-refractivity contribution in [3.8, 4) is 0 Å². The lowest BCUT2D eigenvalue weighted by Gasteiger charge is -2.23. The van der Waals surface area contributed by atoms with Crippen molar-refractivity contribution in [3.05, 3.63) is 29.8 Å². The zero-order valence-electron chi connectivity index (χ0n) is 14.6. The Labute approximate surface area is 157 Å². The minimum atomic E-state index is -0.632. The molecule has 1 fully saturated rings. The molecule has 3 N–H and O–H groups in total. The Morgan fingerprint density at radius 2 is 1.88 bits per heavy atom. The minimum Gasteiger partial charge on any atom is -0.390 e. The second-order valence-electron chi connectivity index (χ2n) is 6.94. The molecule has 7 heteroatoms. The van der Waals surface area contributed by atoms with Gasteiger partial charge in [0.1, 0.15) is 0 Å². The average Bonchev–Trinajstić information content (AvgIpc) is 2.76. The van der Waals surface area contributed by atoms with E-state index in [9.17, 15) is 9.90 Å². The fourth-order valence-corrected chi connectivity index (χ4v) is 2.62. The van der Waals surface area contributed by atoms with Gasteiger partial charge in [0.15, 0.2) is 0 Å². The minimum absolute atomic E-state index is 0. The third-order valence-electron chi connectivity index (χ3n) is 3.96. The summed E-state index contributed by atoms with van der Waals surface area (Å²) in [6.45, 7) is 5.92. The van der Waals surface area contributed by atoms with Gasteiger partial charge in [-0.15, -0.1) is 24.8 Å². The van der Waals surface area contributed by atoms with Crippen molar-refractivity contribution in [3.63, 3.8) is 0 Å². The van der Waals surface area contributed by atoms with Gasteiger partial charge < -0.3 is 20.6 Å². The molecule has 1 aliphatic rings. The lowest BCUT2D eigenvalue weighted by atomic mass is 10.1. The predicted molar refractivity (Wildman–Crippen MR) is 103 cm³/mol. The SMILES string of the molecule is CN(CCC(C)(C)O)Cc1ccc(N2C[C@H](N)CC2=O)cc1.Cl.Cl. The van der Waals surface area contributed by atoms with E-state index in [0.29, 0.717) is 13.0 Å². The van der Waals surface area contributed by atoms with Crippen LogP contribution in [0.1, 0.15) is 32.3 Å². The number of rotatable bonds is 6. The Morgan fingerprint density at radius 1 is 1.29 bits per heavy atom. The van der Waals surface area contributed by atoms with Crippen LogP contribution in [0, 0.1) is 0 Å².